The third-order valence-corrected chi connectivity index (χ3v) is 5.32. The highest BCUT2D eigenvalue weighted by Gasteiger charge is 2.24. The number of nitro benzene ring substituents is 1. The number of esters is 1. The molecule has 0 spiro atoms. The molecule has 2 N–H and O–H groups in total. The molecule has 0 saturated carbocycles. The average Bonchev–Trinajstić information content (AvgIpc) is 3.10. The van der Waals surface area contributed by atoms with Gasteiger partial charge in [0.1, 0.15) is 5.01 Å². The fourth-order valence-corrected chi connectivity index (χ4v) is 3.78. The summed E-state index contributed by atoms with van der Waals surface area (Å²) in [4.78, 5) is 21.4. The molecule has 0 fully saturated rings. The summed E-state index contributed by atoms with van der Waals surface area (Å²) in [6.07, 6.45) is 0. The summed E-state index contributed by atoms with van der Waals surface area (Å²) in [6.45, 7) is 1.62. The van der Waals surface area contributed by atoms with Gasteiger partial charge in [0.15, 0.2) is 0 Å². The molecule has 2 rings (SSSR count). The predicted octanol–water partition coefficient (Wildman–Crippen LogP) is 0.875. The van der Waals surface area contributed by atoms with Gasteiger partial charge in [-0.3, -0.25) is 19.5 Å². The summed E-state index contributed by atoms with van der Waals surface area (Å²) in [6, 6.07) is 5.49. The quantitative estimate of drug-likeness (QED) is 0.181. The van der Waals surface area contributed by atoms with Gasteiger partial charge < -0.3 is 10.1 Å². The standard InChI is InChI=1S/C14H17N5O7S2/c1-2-26-12(20)9-15-7-8-18(28(23,24)25)14-17-16-13(27-14)10-3-5-11(6-4-10)19(21)22/h3-6,15H,2,7-9H2,1H3,(H,23,24,25). The van der Waals surface area contributed by atoms with Gasteiger partial charge in [-0.25, -0.2) is 4.31 Å². The Hall–Kier alpha value is -2.68. The number of nitro groups is 1. The predicted molar refractivity (Wildman–Crippen MR) is 100 cm³/mol. The van der Waals surface area contributed by atoms with E-state index in [1.54, 1.807) is 6.92 Å². The highest BCUT2D eigenvalue weighted by Crippen LogP contribution is 2.30. The number of nitrogens with one attached hydrogen (secondary N) is 1. The molecule has 0 saturated heterocycles. The molecule has 1 aromatic carbocycles. The van der Waals surface area contributed by atoms with E-state index >= 15 is 0 Å². The minimum atomic E-state index is -4.62. The van der Waals surface area contributed by atoms with Gasteiger partial charge in [0.05, 0.1) is 24.6 Å². The monoisotopic (exact) mass is 431 g/mol. The lowest BCUT2D eigenvalue weighted by atomic mass is 10.2. The van der Waals surface area contributed by atoms with Crippen LogP contribution in [0.15, 0.2) is 24.3 Å². The summed E-state index contributed by atoms with van der Waals surface area (Å²) in [7, 11) is -4.62. The first kappa shape index (κ1) is 21.6. The molecule has 1 aromatic heterocycles. The lowest BCUT2D eigenvalue weighted by Crippen LogP contribution is -2.38. The molecule has 0 aliphatic heterocycles. The van der Waals surface area contributed by atoms with Crippen LogP contribution >= 0.6 is 11.3 Å². The van der Waals surface area contributed by atoms with E-state index in [-0.39, 0.29) is 37.1 Å². The summed E-state index contributed by atoms with van der Waals surface area (Å²) >= 11 is 0.883. The molecule has 152 valence electrons. The Morgan fingerprint density at radius 2 is 2.04 bits per heavy atom. The molecule has 0 radical (unpaired) electrons. The van der Waals surface area contributed by atoms with Gasteiger partial charge in [-0.05, 0) is 19.1 Å². The van der Waals surface area contributed by atoms with Crippen LogP contribution in [0.3, 0.4) is 0 Å². The molecule has 14 heteroatoms. The molecule has 2 aromatic rings. The van der Waals surface area contributed by atoms with Gasteiger partial charge in [-0.15, -0.1) is 10.2 Å². The number of hydrogen-bond acceptors (Lipinski definition) is 10. The van der Waals surface area contributed by atoms with Crippen LogP contribution in [0.25, 0.3) is 10.6 Å². The molecule has 0 aliphatic rings. The van der Waals surface area contributed by atoms with Crippen LogP contribution in [0.2, 0.25) is 0 Å². The number of ether oxygens (including phenoxy) is 1. The first-order chi connectivity index (χ1) is 13.2. The topological polar surface area (TPSA) is 165 Å². The smallest absolute Gasteiger partial charge is 0.361 e. The second-order valence-corrected chi connectivity index (χ2v) is 7.52. The number of nitrogens with zero attached hydrogens (tertiary/aromatic N) is 4. The van der Waals surface area contributed by atoms with Crippen LogP contribution in [0.1, 0.15) is 6.92 Å². The number of hydrogen-bond donors (Lipinski definition) is 2. The van der Waals surface area contributed by atoms with Crippen molar-refractivity contribution < 1.29 is 27.4 Å². The van der Waals surface area contributed by atoms with Crippen LogP contribution in [-0.2, 0) is 19.8 Å². The molecule has 28 heavy (non-hydrogen) atoms. The Morgan fingerprint density at radius 1 is 1.36 bits per heavy atom. The number of benzene rings is 1. The van der Waals surface area contributed by atoms with Crippen molar-refractivity contribution in [3.63, 3.8) is 0 Å². The number of non-ortho nitro benzene ring substituents is 1. The van der Waals surface area contributed by atoms with E-state index in [0.29, 0.717) is 14.9 Å². The number of carbonyl (C=O) groups excluding carboxylic acids is 1. The summed E-state index contributed by atoms with van der Waals surface area (Å²) in [5.41, 5.74) is 0.408. The van der Waals surface area contributed by atoms with Gasteiger partial charge in [0.2, 0.25) is 5.13 Å². The van der Waals surface area contributed by atoms with E-state index in [1.807, 2.05) is 0 Å². The molecule has 0 bridgehead atoms. The Bertz CT molecular complexity index is 930. The molecule has 1 heterocycles. The number of anilines is 1. The van der Waals surface area contributed by atoms with Gasteiger partial charge in [-0.2, -0.15) is 8.42 Å². The van der Waals surface area contributed by atoms with Crippen molar-refractivity contribution in [2.75, 3.05) is 30.5 Å². The van der Waals surface area contributed by atoms with Crippen LogP contribution in [0.5, 0.6) is 0 Å². The fourth-order valence-electron chi connectivity index (χ4n) is 2.05. The summed E-state index contributed by atoms with van der Waals surface area (Å²) in [5, 5.41) is 21.3. The highest BCUT2D eigenvalue weighted by molar-refractivity contribution is 7.87. The molecular weight excluding hydrogens is 414 g/mol. The zero-order chi connectivity index (χ0) is 20.7. The highest BCUT2D eigenvalue weighted by atomic mass is 32.2. The Morgan fingerprint density at radius 3 is 2.61 bits per heavy atom. The SMILES string of the molecule is CCOC(=O)CNCCN(c1nnc(-c2ccc([N+](=O)[O-])cc2)s1)S(=O)(=O)O. The van der Waals surface area contributed by atoms with Crippen molar-refractivity contribution in [3.05, 3.63) is 34.4 Å². The van der Waals surface area contributed by atoms with Crippen LogP contribution in [-0.4, -0.2) is 60.3 Å². The van der Waals surface area contributed by atoms with Crippen LogP contribution in [0.4, 0.5) is 10.8 Å². The van der Waals surface area contributed by atoms with Gasteiger partial charge >= 0.3 is 16.3 Å². The molecular formula is C14H17N5O7S2. The third kappa shape index (κ3) is 5.91. The summed E-state index contributed by atoms with van der Waals surface area (Å²) in [5.74, 6) is -0.489. The maximum atomic E-state index is 11.7. The molecule has 0 atom stereocenters. The second-order valence-electron chi connectivity index (χ2n) is 5.23. The normalized spacial score (nSPS) is 11.2. The zero-order valence-corrected chi connectivity index (χ0v) is 16.3. The van der Waals surface area contributed by atoms with Crippen molar-refractivity contribution in [3.8, 4) is 10.6 Å². The van der Waals surface area contributed by atoms with Gasteiger partial charge in [-0.1, -0.05) is 11.3 Å². The van der Waals surface area contributed by atoms with E-state index in [1.165, 1.54) is 24.3 Å². The van der Waals surface area contributed by atoms with E-state index in [0.717, 1.165) is 11.3 Å². The number of carbonyl (C=O) groups is 1. The molecule has 0 aliphatic carbocycles. The van der Waals surface area contributed by atoms with Gasteiger partial charge in [0, 0.05) is 24.2 Å². The van der Waals surface area contributed by atoms with E-state index in [2.05, 4.69) is 15.5 Å². The fraction of sp³-hybridized carbons (Fsp3) is 0.357. The third-order valence-electron chi connectivity index (χ3n) is 3.30. The van der Waals surface area contributed by atoms with E-state index < -0.39 is 21.2 Å². The maximum Gasteiger partial charge on any atom is 0.361 e. The maximum absolute atomic E-state index is 11.7. The first-order valence-electron chi connectivity index (χ1n) is 7.92. The largest absolute Gasteiger partial charge is 0.465 e. The van der Waals surface area contributed by atoms with Crippen molar-refractivity contribution in [1.82, 2.24) is 15.5 Å². The minimum absolute atomic E-state index is 0.0467. The van der Waals surface area contributed by atoms with Crippen molar-refractivity contribution in [1.29, 1.82) is 0 Å². The average molecular weight is 431 g/mol. The second kappa shape index (κ2) is 9.50. The Labute approximate surface area is 164 Å². The molecule has 0 unspecified atom stereocenters. The molecule has 0 amide bonds. The van der Waals surface area contributed by atoms with Gasteiger partial charge in [0.25, 0.3) is 5.69 Å². The van der Waals surface area contributed by atoms with E-state index in [4.69, 9.17) is 4.74 Å². The Balaban J connectivity index is 2.09. The molecule has 12 nitrogen and oxygen atoms in total. The van der Waals surface area contributed by atoms with Crippen LogP contribution < -0.4 is 9.62 Å². The number of aromatic nitrogens is 2. The zero-order valence-electron chi connectivity index (χ0n) is 14.6. The lowest BCUT2D eigenvalue weighted by Gasteiger charge is -2.17. The van der Waals surface area contributed by atoms with Crippen molar-refractivity contribution >= 4 is 38.4 Å². The number of rotatable bonds is 10. The minimum Gasteiger partial charge on any atom is -0.465 e. The Kier molecular flexibility index (Phi) is 7.33. The van der Waals surface area contributed by atoms with E-state index in [9.17, 15) is 27.9 Å². The van der Waals surface area contributed by atoms with Crippen LogP contribution in [0, 0.1) is 10.1 Å². The summed E-state index contributed by atoms with van der Waals surface area (Å²) < 4.78 is 38.1. The first-order valence-corrected chi connectivity index (χ1v) is 10.1. The van der Waals surface area contributed by atoms with Crippen molar-refractivity contribution in [2.45, 2.75) is 6.92 Å². The lowest BCUT2D eigenvalue weighted by molar-refractivity contribution is -0.384. The van der Waals surface area contributed by atoms with Crippen molar-refractivity contribution in [2.24, 2.45) is 0 Å².